The molecule has 1 saturated carbocycles. The Hall–Kier alpha value is -2.60. The molecule has 2 aromatic heterocycles. The minimum Gasteiger partial charge on any atom is -0.279 e. The number of nitrogens with zero attached hydrogens (tertiary/aromatic N) is 4. The maximum absolute atomic E-state index is 13.3. The van der Waals surface area contributed by atoms with Crippen molar-refractivity contribution in [1.82, 2.24) is 15.2 Å². The van der Waals surface area contributed by atoms with Crippen LogP contribution in [0.3, 0.4) is 0 Å². The average molecular weight is 364 g/mol. The van der Waals surface area contributed by atoms with Gasteiger partial charge in [-0.15, -0.1) is 10.2 Å². The van der Waals surface area contributed by atoms with Crippen molar-refractivity contribution in [1.29, 1.82) is 0 Å². The van der Waals surface area contributed by atoms with Crippen LogP contribution in [0.1, 0.15) is 41.6 Å². The number of amides is 1. The Balaban J connectivity index is 1.70. The van der Waals surface area contributed by atoms with Gasteiger partial charge >= 0.3 is 0 Å². The van der Waals surface area contributed by atoms with E-state index in [1.807, 2.05) is 48.2 Å². The molecule has 2 heterocycles. The highest BCUT2D eigenvalue weighted by Gasteiger charge is 2.31. The van der Waals surface area contributed by atoms with Gasteiger partial charge in [0.15, 0.2) is 5.01 Å². The Morgan fingerprint density at radius 2 is 2.00 bits per heavy atom. The molecule has 1 fully saturated rings. The predicted molar refractivity (Wildman–Crippen MR) is 103 cm³/mol. The molecule has 1 aromatic carbocycles. The fourth-order valence-electron chi connectivity index (χ4n) is 3.41. The molecular weight excluding hydrogens is 344 g/mol. The first-order chi connectivity index (χ1) is 12.7. The van der Waals surface area contributed by atoms with Crippen LogP contribution in [0.4, 0.5) is 5.13 Å². The summed E-state index contributed by atoms with van der Waals surface area (Å²) in [6.45, 7) is 2.00. The first-order valence-corrected chi connectivity index (χ1v) is 9.68. The van der Waals surface area contributed by atoms with E-state index in [9.17, 15) is 4.79 Å². The molecule has 3 aromatic rings. The van der Waals surface area contributed by atoms with Gasteiger partial charge in [0.05, 0.1) is 0 Å². The third-order valence-electron chi connectivity index (χ3n) is 4.70. The van der Waals surface area contributed by atoms with Crippen molar-refractivity contribution in [2.75, 3.05) is 4.90 Å². The number of hydrogen-bond acceptors (Lipinski definition) is 5. The summed E-state index contributed by atoms with van der Waals surface area (Å²) in [6, 6.07) is 11.8. The topological polar surface area (TPSA) is 59.0 Å². The quantitative estimate of drug-likeness (QED) is 0.684. The molecule has 0 bridgehead atoms. The second kappa shape index (κ2) is 7.33. The van der Waals surface area contributed by atoms with E-state index in [1.165, 1.54) is 11.3 Å². The second-order valence-corrected chi connectivity index (χ2v) is 7.57. The summed E-state index contributed by atoms with van der Waals surface area (Å²) in [5, 5.41) is 10.1. The number of carbonyl (C=O) groups excluding carboxylic acids is 1. The van der Waals surface area contributed by atoms with Crippen LogP contribution >= 0.6 is 11.3 Å². The summed E-state index contributed by atoms with van der Waals surface area (Å²) in [5.41, 5.74) is 2.70. The highest BCUT2D eigenvalue weighted by Crippen LogP contribution is 2.34. The molecule has 26 heavy (non-hydrogen) atoms. The number of carbonyl (C=O) groups is 1. The number of pyridine rings is 1. The molecule has 0 N–H and O–H groups in total. The number of hydrogen-bond donors (Lipinski definition) is 0. The van der Waals surface area contributed by atoms with Crippen molar-refractivity contribution in [3.05, 3.63) is 59.9 Å². The van der Waals surface area contributed by atoms with Gasteiger partial charge in [-0.3, -0.25) is 14.7 Å². The predicted octanol–water partition coefficient (Wildman–Crippen LogP) is 4.50. The molecular formula is C20H20N4OS. The molecule has 0 unspecified atom stereocenters. The maximum atomic E-state index is 13.3. The first kappa shape index (κ1) is 16.8. The highest BCUT2D eigenvalue weighted by atomic mass is 32.1. The van der Waals surface area contributed by atoms with Gasteiger partial charge in [0.1, 0.15) is 0 Å². The van der Waals surface area contributed by atoms with Gasteiger partial charge in [0.2, 0.25) is 5.13 Å². The van der Waals surface area contributed by atoms with Crippen LogP contribution in [-0.4, -0.2) is 27.1 Å². The van der Waals surface area contributed by atoms with Gasteiger partial charge in [-0.05, 0) is 44.0 Å². The normalized spacial score (nSPS) is 14.5. The second-order valence-electron chi connectivity index (χ2n) is 6.61. The summed E-state index contributed by atoms with van der Waals surface area (Å²) in [7, 11) is 0. The number of aromatic nitrogens is 3. The number of benzene rings is 1. The Morgan fingerprint density at radius 1 is 1.15 bits per heavy atom. The molecule has 0 radical (unpaired) electrons. The van der Waals surface area contributed by atoms with Gasteiger partial charge in [-0.2, -0.15) is 0 Å². The Bertz CT molecular complexity index is 903. The molecule has 0 atom stereocenters. The van der Waals surface area contributed by atoms with Crippen molar-refractivity contribution in [2.24, 2.45) is 0 Å². The van der Waals surface area contributed by atoms with E-state index in [0.29, 0.717) is 10.7 Å². The van der Waals surface area contributed by atoms with E-state index in [-0.39, 0.29) is 11.9 Å². The fraction of sp³-hybridized carbons (Fsp3) is 0.300. The van der Waals surface area contributed by atoms with E-state index in [4.69, 9.17) is 0 Å². The van der Waals surface area contributed by atoms with Gasteiger partial charge < -0.3 is 0 Å². The smallest absolute Gasteiger partial charge is 0.260 e. The lowest BCUT2D eigenvalue weighted by atomic mass is 10.1. The van der Waals surface area contributed by atoms with Crippen molar-refractivity contribution in [3.63, 3.8) is 0 Å². The summed E-state index contributed by atoms with van der Waals surface area (Å²) in [4.78, 5) is 19.3. The number of aryl methyl sites for hydroxylation is 1. The van der Waals surface area contributed by atoms with Crippen LogP contribution in [0.5, 0.6) is 0 Å². The van der Waals surface area contributed by atoms with E-state index < -0.39 is 0 Å². The van der Waals surface area contributed by atoms with Gasteiger partial charge in [-0.25, -0.2) is 0 Å². The lowest BCUT2D eigenvalue weighted by Crippen LogP contribution is -2.39. The molecule has 0 spiro atoms. The average Bonchev–Trinajstić information content (AvgIpc) is 3.35. The SMILES string of the molecule is Cc1cccc(C(=O)N(c2nnc(-c3cccnc3)s2)C2CCCC2)c1. The van der Waals surface area contributed by atoms with Gasteiger partial charge in [0.25, 0.3) is 5.91 Å². The first-order valence-electron chi connectivity index (χ1n) is 8.86. The third kappa shape index (κ3) is 3.37. The molecule has 0 aliphatic heterocycles. The molecule has 1 amide bonds. The number of rotatable bonds is 4. The Labute approximate surface area is 156 Å². The summed E-state index contributed by atoms with van der Waals surface area (Å²) >= 11 is 1.45. The zero-order chi connectivity index (χ0) is 17.9. The third-order valence-corrected chi connectivity index (χ3v) is 5.67. The van der Waals surface area contributed by atoms with Crippen molar-refractivity contribution in [3.8, 4) is 10.6 Å². The van der Waals surface area contributed by atoms with Crippen LogP contribution in [0, 0.1) is 6.92 Å². The molecule has 0 saturated heterocycles. The summed E-state index contributed by atoms with van der Waals surface area (Å²) in [6.07, 6.45) is 7.83. The van der Waals surface area contributed by atoms with E-state index in [2.05, 4.69) is 15.2 Å². The summed E-state index contributed by atoms with van der Waals surface area (Å²) in [5.74, 6) is 0.00878. The Kier molecular flexibility index (Phi) is 4.75. The zero-order valence-corrected chi connectivity index (χ0v) is 15.4. The molecule has 132 valence electrons. The largest absolute Gasteiger partial charge is 0.279 e. The minimum atomic E-state index is 0.00878. The van der Waals surface area contributed by atoms with Crippen LogP contribution in [0.25, 0.3) is 10.6 Å². The zero-order valence-electron chi connectivity index (χ0n) is 14.6. The van der Waals surface area contributed by atoms with Crippen LogP contribution in [-0.2, 0) is 0 Å². The van der Waals surface area contributed by atoms with E-state index in [0.717, 1.165) is 41.8 Å². The van der Waals surface area contributed by atoms with Crippen molar-refractivity contribution >= 4 is 22.4 Å². The van der Waals surface area contributed by atoms with Crippen LogP contribution in [0.2, 0.25) is 0 Å². The minimum absolute atomic E-state index is 0.00878. The molecule has 1 aliphatic carbocycles. The van der Waals surface area contributed by atoms with Crippen molar-refractivity contribution in [2.45, 2.75) is 38.6 Å². The lowest BCUT2D eigenvalue weighted by Gasteiger charge is -2.26. The van der Waals surface area contributed by atoms with Crippen LogP contribution in [0.15, 0.2) is 48.8 Å². The molecule has 5 nitrogen and oxygen atoms in total. The Morgan fingerprint density at radius 3 is 2.73 bits per heavy atom. The van der Waals surface area contributed by atoms with Crippen LogP contribution < -0.4 is 4.90 Å². The monoisotopic (exact) mass is 364 g/mol. The highest BCUT2D eigenvalue weighted by molar-refractivity contribution is 7.18. The lowest BCUT2D eigenvalue weighted by molar-refractivity contribution is 0.0976. The molecule has 4 rings (SSSR count). The van der Waals surface area contributed by atoms with E-state index >= 15 is 0 Å². The molecule has 1 aliphatic rings. The standard InChI is InChI=1S/C20H20N4OS/c1-14-6-4-7-15(12-14)19(25)24(17-9-2-3-10-17)20-23-22-18(26-20)16-8-5-11-21-13-16/h4-8,11-13,17H,2-3,9-10H2,1H3. The van der Waals surface area contributed by atoms with E-state index in [1.54, 1.807) is 12.4 Å². The summed E-state index contributed by atoms with van der Waals surface area (Å²) < 4.78 is 0. The maximum Gasteiger partial charge on any atom is 0.260 e. The van der Waals surface area contributed by atoms with Crippen molar-refractivity contribution < 1.29 is 4.79 Å². The fourth-order valence-corrected chi connectivity index (χ4v) is 4.31. The number of anilines is 1. The van der Waals surface area contributed by atoms with Gasteiger partial charge in [0, 0.05) is 29.6 Å². The molecule has 6 heteroatoms. The van der Waals surface area contributed by atoms with Gasteiger partial charge in [-0.1, -0.05) is 41.9 Å².